The number of hydrogen-bond donors (Lipinski definition) is 1. The first-order chi connectivity index (χ1) is 13.9. The van der Waals surface area contributed by atoms with Crippen LogP contribution in [0.1, 0.15) is 26.7 Å². The van der Waals surface area contributed by atoms with Crippen LogP contribution in [0.4, 0.5) is 13.9 Å². The zero-order valence-corrected chi connectivity index (χ0v) is 17.1. The molecule has 1 saturated heterocycles. The number of rotatable bonds is 6. The summed E-state index contributed by atoms with van der Waals surface area (Å²) in [6.45, 7) is 5.10. The van der Waals surface area contributed by atoms with E-state index in [1.165, 1.54) is 17.4 Å². The third kappa shape index (κ3) is 5.16. The number of ether oxygens (including phenoxy) is 1. The first kappa shape index (κ1) is 21.3. The number of carbonyl (C=O) groups excluding carboxylic acids is 2. The Hall–Kier alpha value is -2.39. The SMILES string of the molecule is CCOC(=O)[C@@H]1CCCN([C@H](C)C(=O)Nc2nc(-c3ccc(F)c(F)c3)cs2)C1. The Bertz CT molecular complexity index is 890. The molecule has 0 unspecified atom stereocenters. The van der Waals surface area contributed by atoms with Crippen molar-refractivity contribution in [3.05, 3.63) is 35.2 Å². The van der Waals surface area contributed by atoms with Crippen LogP contribution in [-0.2, 0) is 14.3 Å². The zero-order chi connectivity index (χ0) is 21.0. The minimum atomic E-state index is -0.948. The highest BCUT2D eigenvalue weighted by Crippen LogP contribution is 2.27. The molecule has 6 nitrogen and oxygen atoms in total. The molecule has 1 aliphatic rings. The Morgan fingerprint density at radius 1 is 1.38 bits per heavy atom. The van der Waals surface area contributed by atoms with Gasteiger partial charge in [-0.1, -0.05) is 0 Å². The van der Waals surface area contributed by atoms with Gasteiger partial charge >= 0.3 is 5.97 Å². The fourth-order valence-electron chi connectivity index (χ4n) is 3.31. The first-order valence-corrected chi connectivity index (χ1v) is 10.4. The summed E-state index contributed by atoms with van der Waals surface area (Å²) in [6.07, 6.45) is 1.58. The van der Waals surface area contributed by atoms with E-state index in [9.17, 15) is 18.4 Å². The van der Waals surface area contributed by atoms with Gasteiger partial charge in [-0.3, -0.25) is 14.5 Å². The van der Waals surface area contributed by atoms with Crippen LogP contribution < -0.4 is 5.32 Å². The van der Waals surface area contributed by atoms with Crippen molar-refractivity contribution in [2.45, 2.75) is 32.7 Å². The van der Waals surface area contributed by atoms with Crippen LogP contribution in [0.2, 0.25) is 0 Å². The highest BCUT2D eigenvalue weighted by molar-refractivity contribution is 7.14. The van der Waals surface area contributed by atoms with Crippen LogP contribution in [0.3, 0.4) is 0 Å². The van der Waals surface area contributed by atoms with Gasteiger partial charge in [0.1, 0.15) is 0 Å². The van der Waals surface area contributed by atoms with Crippen LogP contribution in [0.25, 0.3) is 11.3 Å². The van der Waals surface area contributed by atoms with Gasteiger partial charge < -0.3 is 10.1 Å². The molecule has 1 aromatic carbocycles. The molecule has 1 fully saturated rings. The van der Waals surface area contributed by atoms with Gasteiger partial charge in [0.2, 0.25) is 5.91 Å². The summed E-state index contributed by atoms with van der Waals surface area (Å²) in [5.41, 5.74) is 0.888. The van der Waals surface area contributed by atoms with E-state index in [0.29, 0.717) is 29.5 Å². The predicted octanol–water partition coefficient (Wildman–Crippen LogP) is 3.69. The molecule has 0 radical (unpaired) electrons. The van der Waals surface area contributed by atoms with Crippen LogP contribution in [0, 0.1) is 17.6 Å². The maximum Gasteiger partial charge on any atom is 0.310 e. The summed E-state index contributed by atoms with van der Waals surface area (Å²) in [6, 6.07) is 3.11. The van der Waals surface area contributed by atoms with Crippen molar-refractivity contribution in [3.8, 4) is 11.3 Å². The lowest BCUT2D eigenvalue weighted by atomic mass is 9.97. The molecule has 2 heterocycles. The number of piperidine rings is 1. The lowest BCUT2D eigenvalue weighted by Crippen LogP contribution is -2.48. The number of nitrogens with one attached hydrogen (secondary N) is 1. The molecule has 1 amide bonds. The third-order valence-corrected chi connectivity index (χ3v) is 5.71. The standard InChI is InChI=1S/C20H23F2N3O3S/c1-3-28-19(27)14-5-4-8-25(10-14)12(2)18(26)24-20-23-17(11-29-20)13-6-7-15(21)16(22)9-13/h6-7,9,11-12,14H,3-5,8,10H2,1-2H3,(H,23,24,26)/t12-,14-/m1/s1. The van der Waals surface area contributed by atoms with Crippen LogP contribution >= 0.6 is 11.3 Å². The van der Waals surface area contributed by atoms with E-state index in [0.717, 1.165) is 31.5 Å². The Morgan fingerprint density at radius 3 is 2.90 bits per heavy atom. The highest BCUT2D eigenvalue weighted by Gasteiger charge is 2.31. The molecular formula is C20H23F2N3O3S. The minimum absolute atomic E-state index is 0.221. The summed E-state index contributed by atoms with van der Waals surface area (Å²) in [5, 5.41) is 4.81. The molecule has 1 aliphatic heterocycles. The number of halogens is 2. The van der Waals surface area contributed by atoms with E-state index >= 15 is 0 Å². The van der Waals surface area contributed by atoms with E-state index in [-0.39, 0.29) is 17.8 Å². The number of likely N-dealkylation sites (tertiary alicyclic amines) is 1. The molecule has 0 spiro atoms. The second-order valence-electron chi connectivity index (χ2n) is 6.92. The van der Waals surface area contributed by atoms with Crippen molar-refractivity contribution in [2.24, 2.45) is 5.92 Å². The number of amides is 1. The number of hydrogen-bond acceptors (Lipinski definition) is 6. The normalized spacial score (nSPS) is 18.3. The van der Waals surface area contributed by atoms with Gasteiger partial charge in [-0.15, -0.1) is 11.3 Å². The molecule has 2 aromatic rings. The lowest BCUT2D eigenvalue weighted by molar-refractivity contribution is -0.150. The Morgan fingerprint density at radius 2 is 2.17 bits per heavy atom. The molecule has 0 saturated carbocycles. The maximum atomic E-state index is 13.4. The number of thiazole rings is 1. The monoisotopic (exact) mass is 423 g/mol. The second kappa shape index (κ2) is 9.41. The molecule has 156 valence electrons. The zero-order valence-electron chi connectivity index (χ0n) is 16.3. The topological polar surface area (TPSA) is 71.5 Å². The van der Waals surface area contributed by atoms with Crippen LogP contribution in [0.5, 0.6) is 0 Å². The summed E-state index contributed by atoms with van der Waals surface area (Å²) in [4.78, 5) is 30.9. The summed E-state index contributed by atoms with van der Waals surface area (Å²) in [7, 11) is 0. The third-order valence-electron chi connectivity index (χ3n) is 4.95. The fraction of sp³-hybridized carbons (Fsp3) is 0.450. The van der Waals surface area contributed by atoms with Crippen molar-refractivity contribution in [2.75, 3.05) is 25.0 Å². The molecule has 2 atom stereocenters. The molecule has 1 aromatic heterocycles. The lowest BCUT2D eigenvalue weighted by Gasteiger charge is -2.34. The molecule has 1 N–H and O–H groups in total. The molecule has 0 aliphatic carbocycles. The van der Waals surface area contributed by atoms with Crippen LogP contribution in [0.15, 0.2) is 23.6 Å². The quantitative estimate of drug-likeness (QED) is 0.718. The van der Waals surface area contributed by atoms with Crippen LogP contribution in [-0.4, -0.2) is 47.5 Å². The number of aromatic nitrogens is 1. The number of esters is 1. The predicted molar refractivity (Wildman–Crippen MR) is 106 cm³/mol. The molecule has 0 bridgehead atoms. The van der Waals surface area contributed by atoms with Crippen molar-refractivity contribution in [3.63, 3.8) is 0 Å². The number of anilines is 1. The van der Waals surface area contributed by atoms with E-state index in [1.807, 2.05) is 4.90 Å². The Balaban J connectivity index is 1.62. The Kier molecular flexibility index (Phi) is 6.92. The average molecular weight is 423 g/mol. The van der Waals surface area contributed by atoms with Crippen molar-refractivity contribution in [1.29, 1.82) is 0 Å². The first-order valence-electron chi connectivity index (χ1n) is 9.51. The number of benzene rings is 1. The average Bonchev–Trinajstić information content (AvgIpc) is 3.18. The van der Waals surface area contributed by atoms with Gasteiger partial charge in [-0.2, -0.15) is 0 Å². The molecular weight excluding hydrogens is 400 g/mol. The van der Waals surface area contributed by atoms with Crippen molar-refractivity contribution >= 4 is 28.3 Å². The summed E-state index contributed by atoms with van der Waals surface area (Å²) in [5.74, 6) is -2.55. The molecule has 3 rings (SSSR count). The van der Waals surface area contributed by atoms with Gasteiger partial charge in [-0.05, 0) is 51.4 Å². The van der Waals surface area contributed by atoms with Gasteiger partial charge in [0.05, 0.1) is 24.3 Å². The molecule has 9 heteroatoms. The summed E-state index contributed by atoms with van der Waals surface area (Å²) < 4.78 is 31.6. The smallest absolute Gasteiger partial charge is 0.310 e. The van der Waals surface area contributed by atoms with Crippen molar-refractivity contribution in [1.82, 2.24) is 9.88 Å². The fourth-order valence-corrected chi connectivity index (χ4v) is 4.03. The van der Waals surface area contributed by atoms with E-state index in [1.54, 1.807) is 19.2 Å². The second-order valence-corrected chi connectivity index (χ2v) is 7.78. The number of carbonyl (C=O) groups is 2. The van der Waals surface area contributed by atoms with E-state index in [2.05, 4.69) is 10.3 Å². The van der Waals surface area contributed by atoms with Gasteiger partial charge in [-0.25, -0.2) is 13.8 Å². The van der Waals surface area contributed by atoms with E-state index < -0.39 is 17.7 Å². The summed E-state index contributed by atoms with van der Waals surface area (Å²) >= 11 is 1.21. The van der Waals surface area contributed by atoms with Crippen molar-refractivity contribution < 1.29 is 23.1 Å². The van der Waals surface area contributed by atoms with Gasteiger partial charge in [0.15, 0.2) is 16.8 Å². The maximum absolute atomic E-state index is 13.4. The highest BCUT2D eigenvalue weighted by atomic mass is 32.1. The molecule has 29 heavy (non-hydrogen) atoms. The Labute approximate surface area is 171 Å². The van der Waals surface area contributed by atoms with Gasteiger partial charge in [0, 0.05) is 17.5 Å². The minimum Gasteiger partial charge on any atom is -0.466 e. The van der Waals surface area contributed by atoms with Gasteiger partial charge in [0.25, 0.3) is 0 Å². The van der Waals surface area contributed by atoms with E-state index in [4.69, 9.17) is 4.74 Å². The largest absolute Gasteiger partial charge is 0.466 e. The number of nitrogens with zero attached hydrogens (tertiary/aromatic N) is 2.